The highest BCUT2D eigenvalue weighted by atomic mass is 79.9. The van der Waals surface area contributed by atoms with Crippen molar-refractivity contribution in [2.75, 3.05) is 0 Å². The minimum atomic E-state index is -0.319. The molecular formula is C17H12BrFO. The molecule has 0 fully saturated rings. The van der Waals surface area contributed by atoms with E-state index in [1.165, 1.54) is 11.5 Å². The molecule has 0 aliphatic carbocycles. The molecule has 3 aromatic rings. The number of rotatable bonds is 3. The molecule has 0 aliphatic rings. The van der Waals surface area contributed by atoms with E-state index in [2.05, 4.69) is 34.1 Å². The average Bonchev–Trinajstić information content (AvgIpc) is 2.48. The van der Waals surface area contributed by atoms with E-state index in [0.717, 1.165) is 10.9 Å². The van der Waals surface area contributed by atoms with Gasteiger partial charge >= 0.3 is 0 Å². The maximum absolute atomic E-state index is 13.4. The van der Waals surface area contributed by atoms with Gasteiger partial charge in [-0.25, -0.2) is 4.39 Å². The summed E-state index contributed by atoms with van der Waals surface area (Å²) < 4.78 is 19.5. The molecule has 0 amide bonds. The third kappa shape index (κ3) is 2.68. The minimum Gasteiger partial charge on any atom is -0.489 e. The lowest BCUT2D eigenvalue weighted by Crippen LogP contribution is -1.96. The number of benzene rings is 3. The van der Waals surface area contributed by atoms with Crippen LogP contribution >= 0.6 is 15.9 Å². The van der Waals surface area contributed by atoms with Crippen molar-refractivity contribution in [1.82, 2.24) is 0 Å². The van der Waals surface area contributed by atoms with Crippen LogP contribution in [-0.4, -0.2) is 0 Å². The van der Waals surface area contributed by atoms with E-state index in [0.29, 0.717) is 16.8 Å². The summed E-state index contributed by atoms with van der Waals surface area (Å²) in [6.07, 6.45) is 0. The molecule has 0 bridgehead atoms. The largest absolute Gasteiger partial charge is 0.489 e. The molecule has 20 heavy (non-hydrogen) atoms. The Morgan fingerprint density at radius 1 is 0.950 bits per heavy atom. The van der Waals surface area contributed by atoms with E-state index in [4.69, 9.17) is 4.74 Å². The first-order valence-corrected chi connectivity index (χ1v) is 7.08. The summed E-state index contributed by atoms with van der Waals surface area (Å²) in [5, 5.41) is 2.34. The predicted molar refractivity (Wildman–Crippen MR) is 82.4 cm³/mol. The van der Waals surface area contributed by atoms with Gasteiger partial charge in [0, 0.05) is 6.07 Å². The van der Waals surface area contributed by atoms with Gasteiger partial charge in [-0.15, -0.1) is 0 Å². The third-order valence-corrected chi connectivity index (χ3v) is 3.81. The van der Waals surface area contributed by atoms with Gasteiger partial charge < -0.3 is 4.74 Å². The molecule has 0 spiro atoms. The molecule has 0 unspecified atom stereocenters. The monoisotopic (exact) mass is 330 g/mol. The minimum absolute atomic E-state index is 0.319. The zero-order chi connectivity index (χ0) is 13.9. The van der Waals surface area contributed by atoms with Crippen LogP contribution in [0.25, 0.3) is 10.8 Å². The number of fused-ring (bicyclic) bond motifs is 1. The molecule has 0 saturated carbocycles. The first kappa shape index (κ1) is 13.1. The van der Waals surface area contributed by atoms with Crippen LogP contribution in [0, 0.1) is 5.82 Å². The van der Waals surface area contributed by atoms with Crippen LogP contribution in [0.2, 0.25) is 0 Å². The predicted octanol–water partition coefficient (Wildman–Crippen LogP) is 5.32. The zero-order valence-electron chi connectivity index (χ0n) is 10.6. The summed E-state index contributed by atoms with van der Waals surface area (Å²) in [4.78, 5) is 0. The number of halogens is 2. The summed E-state index contributed by atoms with van der Waals surface area (Å²) in [6, 6.07) is 19.0. The molecule has 0 aliphatic heterocycles. The molecule has 0 aromatic heterocycles. The smallest absolute Gasteiger partial charge is 0.141 e. The Bertz CT molecular complexity index is 750. The average molecular weight is 331 g/mol. The van der Waals surface area contributed by atoms with Crippen molar-refractivity contribution in [3.05, 3.63) is 76.5 Å². The molecular weight excluding hydrogens is 319 g/mol. The van der Waals surface area contributed by atoms with E-state index >= 15 is 0 Å². The van der Waals surface area contributed by atoms with Gasteiger partial charge in [-0.2, -0.15) is 0 Å². The van der Waals surface area contributed by atoms with Crippen molar-refractivity contribution >= 4 is 26.7 Å². The second kappa shape index (κ2) is 5.63. The molecule has 3 rings (SSSR count). The zero-order valence-corrected chi connectivity index (χ0v) is 12.2. The van der Waals surface area contributed by atoms with Crippen LogP contribution in [0.3, 0.4) is 0 Å². The second-order valence-electron chi connectivity index (χ2n) is 4.50. The molecule has 3 aromatic carbocycles. The normalized spacial score (nSPS) is 10.7. The summed E-state index contributed by atoms with van der Waals surface area (Å²) in [5.41, 5.74) is 1.09. The van der Waals surface area contributed by atoms with Gasteiger partial charge in [0.1, 0.15) is 18.2 Å². The van der Waals surface area contributed by atoms with Crippen LogP contribution in [0.5, 0.6) is 5.75 Å². The highest BCUT2D eigenvalue weighted by Gasteiger charge is 2.04. The molecule has 0 N–H and O–H groups in total. The maximum atomic E-state index is 13.4. The van der Waals surface area contributed by atoms with Gasteiger partial charge in [0.05, 0.1) is 4.47 Å². The lowest BCUT2D eigenvalue weighted by molar-refractivity contribution is 0.306. The van der Waals surface area contributed by atoms with Crippen molar-refractivity contribution in [2.24, 2.45) is 0 Å². The van der Waals surface area contributed by atoms with Crippen molar-refractivity contribution in [3.63, 3.8) is 0 Å². The van der Waals surface area contributed by atoms with Crippen molar-refractivity contribution in [3.8, 4) is 5.75 Å². The topological polar surface area (TPSA) is 9.23 Å². The van der Waals surface area contributed by atoms with Gasteiger partial charge in [0.2, 0.25) is 0 Å². The summed E-state index contributed by atoms with van der Waals surface area (Å²) in [7, 11) is 0. The lowest BCUT2D eigenvalue weighted by Gasteiger charge is -2.09. The summed E-state index contributed by atoms with van der Waals surface area (Å²) in [6.45, 7) is 0.419. The van der Waals surface area contributed by atoms with E-state index in [-0.39, 0.29) is 5.82 Å². The Morgan fingerprint density at radius 3 is 2.60 bits per heavy atom. The van der Waals surface area contributed by atoms with Gasteiger partial charge in [-0.1, -0.05) is 42.5 Å². The molecule has 1 nitrogen and oxygen atoms in total. The van der Waals surface area contributed by atoms with Crippen LogP contribution in [0.15, 0.2) is 65.1 Å². The quantitative estimate of drug-likeness (QED) is 0.631. The Hall–Kier alpha value is -1.87. The highest BCUT2D eigenvalue weighted by Crippen LogP contribution is 2.23. The van der Waals surface area contributed by atoms with E-state index in [1.807, 2.05) is 24.3 Å². The SMILES string of the molecule is Fc1cc(OCc2cccc3ccccc23)ccc1Br. The fourth-order valence-electron chi connectivity index (χ4n) is 2.15. The number of hydrogen-bond acceptors (Lipinski definition) is 1. The van der Waals surface area contributed by atoms with Crippen molar-refractivity contribution < 1.29 is 9.13 Å². The Labute approximate surface area is 125 Å². The summed E-state index contributed by atoms with van der Waals surface area (Å²) in [5.74, 6) is 0.207. The van der Waals surface area contributed by atoms with Crippen LogP contribution in [0.1, 0.15) is 5.56 Å². The Balaban J connectivity index is 1.85. The Kier molecular flexibility index (Phi) is 3.70. The second-order valence-corrected chi connectivity index (χ2v) is 5.36. The number of ether oxygens (including phenoxy) is 1. The molecule has 0 saturated heterocycles. The van der Waals surface area contributed by atoms with E-state index < -0.39 is 0 Å². The third-order valence-electron chi connectivity index (χ3n) is 3.17. The van der Waals surface area contributed by atoms with Crippen LogP contribution in [0.4, 0.5) is 4.39 Å². The van der Waals surface area contributed by atoms with Gasteiger partial charge in [-0.05, 0) is 44.4 Å². The number of hydrogen-bond donors (Lipinski definition) is 0. The fourth-order valence-corrected chi connectivity index (χ4v) is 2.39. The maximum Gasteiger partial charge on any atom is 0.141 e. The van der Waals surface area contributed by atoms with Crippen LogP contribution in [-0.2, 0) is 6.61 Å². The lowest BCUT2D eigenvalue weighted by atomic mass is 10.1. The molecule has 0 radical (unpaired) electrons. The first-order chi connectivity index (χ1) is 9.74. The van der Waals surface area contributed by atoms with E-state index in [9.17, 15) is 4.39 Å². The molecule has 3 heteroatoms. The highest BCUT2D eigenvalue weighted by molar-refractivity contribution is 9.10. The first-order valence-electron chi connectivity index (χ1n) is 6.28. The van der Waals surface area contributed by atoms with Crippen molar-refractivity contribution in [1.29, 1.82) is 0 Å². The molecule has 100 valence electrons. The summed E-state index contributed by atoms with van der Waals surface area (Å²) >= 11 is 3.13. The van der Waals surface area contributed by atoms with Crippen molar-refractivity contribution in [2.45, 2.75) is 6.61 Å². The van der Waals surface area contributed by atoms with Gasteiger partial charge in [0.15, 0.2) is 0 Å². The van der Waals surface area contributed by atoms with Gasteiger partial charge in [0.25, 0.3) is 0 Å². The standard InChI is InChI=1S/C17H12BrFO/c18-16-9-8-14(10-17(16)19)20-11-13-6-3-5-12-4-1-2-7-15(12)13/h1-10H,11H2. The fraction of sp³-hybridized carbons (Fsp3) is 0.0588. The molecule has 0 heterocycles. The van der Waals surface area contributed by atoms with E-state index in [1.54, 1.807) is 12.1 Å². The van der Waals surface area contributed by atoms with Gasteiger partial charge in [-0.3, -0.25) is 0 Å². The molecule has 0 atom stereocenters. The Morgan fingerprint density at radius 2 is 1.75 bits per heavy atom. The van der Waals surface area contributed by atoms with Crippen LogP contribution < -0.4 is 4.74 Å².